The number of alkyl halides is 2. The van der Waals surface area contributed by atoms with Crippen LogP contribution in [0.3, 0.4) is 0 Å². The Kier molecular flexibility index (Phi) is 3.45. The fourth-order valence-corrected chi connectivity index (χ4v) is 2.37. The van der Waals surface area contributed by atoms with Gasteiger partial charge in [0.05, 0.1) is 0 Å². The molecule has 2 nitrogen and oxygen atoms in total. The molecule has 0 aromatic heterocycles. The van der Waals surface area contributed by atoms with Crippen LogP contribution in [0, 0.1) is 0 Å². The van der Waals surface area contributed by atoms with E-state index in [1.165, 1.54) is 0 Å². The van der Waals surface area contributed by atoms with Gasteiger partial charge in [-0.05, 0) is 18.9 Å². The summed E-state index contributed by atoms with van der Waals surface area (Å²) in [6, 6.07) is 9.19. The molecule has 0 amide bonds. The van der Waals surface area contributed by atoms with Gasteiger partial charge in [-0.2, -0.15) is 0 Å². The zero-order chi connectivity index (χ0) is 12.5. The minimum Gasteiger partial charge on any atom is -0.382 e. The van der Waals surface area contributed by atoms with Gasteiger partial charge in [0.25, 0.3) is 6.43 Å². The van der Waals surface area contributed by atoms with Gasteiger partial charge in [0.15, 0.2) is 0 Å². The lowest BCUT2D eigenvalue weighted by molar-refractivity contribution is -0.110. The Balaban J connectivity index is 2.06. The van der Waals surface area contributed by atoms with Crippen LogP contribution in [0.4, 0.5) is 8.78 Å². The van der Waals surface area contributed by atoms with Crippen LogP contribution in [0.15, 0.2) is 30.3 Å². The third kappa shape index (κ3) is 2.33. The van der Waals surface area contributed by atoms with E-state index in [4.69, 9.17) is 0 Å². The SMILES string of the molecule is CC1N(Cc2ccccc2)CCC1(O)C(F)F. The van der Waals surface area contributed by atoms with Crippen LogP contribution in [-0.4, -0.2) is 34.6 Å². The Morgan fingerprint density at radius 2 is 2.06 bits per heavy atom. The molecule has 4 heteroatoms. The first kappa shape index (κ1) is 12.5. The minimum absolute atomic E-state index is 0.138. The van der Waals surface area contributed by atoms with Crippen molar-refractivity contribution in [3.63, 3.8) is 0 Å². The van der Waals surface area contributed by atoms with Gasteiger partial charge in [0.1, 0.15) is 5.60 Å². The van der Waals surface area contributed by atoms with E-state index in [1.807, 2.05) is 35.2 Å². The van der Waals surface area contributed by atoms with E-state index in [9.17, 15) is 13.9 Å². The van der Waals surface area contributed by atoms with E-state index in [0.29, 0.717) is 13.1 Å². The second-order valence-corrected chi connectivity index (χ2v) is 4.67. The van der Waals surface area contributed by atoms with Crippen LogP contribution >= 0.6 is 0 Å². The maximum Gasteiger partial charge on any atom is 0.268 e. The van der Waals surface area contributed by atoms with Crippen molar-refractivity contribution in [3.8, 4) is 0 Å². The lowest BCUT2D eigenvalue weighted by Crippen LogP contribution is -2.47. The minimum atomic E-state index is -2.68. The van der Waals surface area contributed by atoms with E-state index in [1.54, 1.807) is 6.92 Å². The first-order chi connectivity index (χ1) is 8.04. The summed E-state index contributed by atoms with van der Waals surface area (Å²) in [5.41, 5.74) is -0.771. The van der Waals surface area contributed by atoms with E-state index in [-0.39, 0.29) is 6.42 Å². The lowest BCUT2D eigenvalue weighted by atomic mass is 9.96. The number of benzene rings is 1. The summed E-state index contributed by atoms with van der Waals surface area (Å²) in [7, 11) is 0. The molecule has 1 aromatic rings. The smallest absolute Gasteiger partial charge is 0.268 e. The summed E-state index contributed by atoms with van der Waals surface area (Å²) in [4.78, 5) is 1.90. The molecule has 0 radical (unpaired) electrons. The van der Waals surface area contributed by atoms with Gasteiger partial charge in [0.2, 0.25) is 0 Å². The second kappa shape index (κ2) is 4.70. The lowest BCUT2D eigenvalue weighted by Gasteiger charge is -2.30. The molecular weight excluding hydrogens is 224 g/mol. The van der Waals surface area contributed by atoms with Crippen molar-refractivity contribution in [3.05, 3.63) is 35.9 Å². The Labute approximate surface area is 99.9 Å². The number of nitrogens with zero attached hydrogens (tertiary/aromatic N) is 1. The summed E-state index contributed by atoms with van der Waals surface area (Å²) in [5, 5.41) is 9.89. The molecule has 1 saturated heterocycles. The third-order valence-corrected chi connectivity index (χ3v) is 3.68. The average molecular weight is 241 g/mol. The van der Waals surface area contributed by atoms with Crippen LogP contribution in [0.25, 0.3) is 0 Å². The maximum absolute atomic E-state index is 12.8. The number of hydrogen-bond donors (Lipinski definition) is 1. The molecule has 0 bridgehead atoms. The van der Waals surface area contributed by atoms with Gasteiger partial charge < -0.3 is 5.11 Å². The van der Waals surface area contributed by atoms with Crippen molar-refractivity contribution >= 4 is 0 Å². The Morgan fingerprint density at radius 1 is 1.41 bits per heavy atom. The first-order valence-corrected chi connectivity index (χ1v) is 5.82. The molecule has 2 unspecified atom stereocenters. The molecule has 94 valence electrons. The molecule has 1 aliphatic heterocycles. The van der Waals surface area contributed by atoms with Crippen LogP contribution in [0.1, 0.15) is 18.9 Å². The fraction of sp³-hybridized carbons (Fsp3) is 0.538. The number of hydrogen-bond acceptors (Lipinski definition) is 2. The van der Waals surface area contributed by atoms with Crippen LogP contribution in [0.2, 0.25) is 0 Å². The Morgan fingerprint density at radius 3 is 2.59 bits per heavy atom. The monoisotopic (exact) mass is 241 g/mol. The fourth-order valence-electron chi connectivity index (χ4n) is 2.37. The van der Waals surface area contributed by atoms with Crippen molar-refractivity contribution in [1.29, 1.82) is 0 Å². The number of halogens is 2. The van der Waals surface area contributed by atoms with Gasteiger partial charge in [-0.3, -0.25) is 4.90 Å². The van der Waals surface area contributed by atoms with Crippen molar-refractivity contribution in [2.75, 3.05) is 6.54 Å². The van der Waals surface area contributed by atoms with Crippen molar-refractivity contribution < 1.29 is 13.9 Å². The molecule has 0 saturated carbocycles. The van der Waals surface area contributed by atoms with Crippen molar-refractivity contribution in [2.24, 2.45) is 0 Å². The van der Waals surface area contributed by atoms with Gasteiger partial charge in [0, 0.05) is 19.1 Å². The molecule has 1 aliphatic rings. The molecule has 2 rings (SSSR count). The average Bonchev–Trinajstić information content (AvgIpc) is 2.60. The predicted molar refractivity (Wildman–Crippen MR) is 61.9 cm³/mol. The highest BCUT2D eigenvalue weighted by atomic mass is 19.3. The maximum atomic E-state index is 12.8. The summed E-state index contributed by atoms with van der Waals surface area (Å²) < 4.78 is 25.6. The van der Waals surface area contributed by atoms with E-state index in [0.717, 1.165) is 5.56 Å². The molecule has 0 aliphatic carbocycles. The number of rotatable bonds is 3. The molecule has 2 atom stereocenters. The predicted octanol–water partition coefficient (Wildman–Crippen LogP) is 2.28. The highest BCUT2D eigenvalue weighted by Gasteiger charge is 2.49. The van der Waals surface area contributed by atoms with E-state index >= 15 is 0 Å². The van der Waals surface area contributed by atoms with Gasteiger partial charge in [-0.25, -0.2) is 8.78 Å². The molecule has 1 aromatic carbocycles. The molecule has 1 N–H and O–H groups in total. The Hall–Kier alpha value is -1.00. The van der Waals surface area contributed by atoms with Gasteiger partial charge in [-0.1, -0.05) is 30.3 Å². The summed E-state index contributed by atoms with van der Waals surface area (Å²) in [6.07, 6.45) is -2.54. The van der Waals surface area contributed by atoms with Crippen LogP contribution < -0.4 is 0 Å². The van der Waals surface area contributed by atoms with E-state index in [2.05, 4.69) is 0 Å². The standard InChI is InChI=1S/C13H17F2NO/c1-10-13(17,12(14)15)7-8-16(10)9-11-5-3-2-4-6-11/h2-6,10,12,17H,7-9H2,1H3. The first-order valence-electron chi connectivity index (χ1n) is 5.82. The summed E-state index contributed by atoms with van der Waals surface area (Å²) in [5.74, 6) is 0. The highest BCUT2D eigenvalue weighted by Crippen LogP contribution is 2.34. The largest absolute Gasteiger partial charge is 0.382 e. The molecule has 0 spiro atoms. The summed E-state index contributed by atoms with van der Waals surface area (Å²) in [6.45, 7) is 2.79. The zero-order valence-electron chi connectivity index (χ0n) is 9.81. The molecule has 17 heavy (non-hydrogen) atoms. The Bertz CT molecular complexity index is 371. The topological polar surface area (TPSA) is 23.5 Å². The van der Waals surface area contributed by atoms with Crippen LogP contribution in [0.5, 0.6) is 0 Å². The van der Waals surface area contributed by atoms with Crippen molar-refractivity contribution in [1.82, 2.24) is 4.90 Å². The molecular formula is C13H17F2NO. The molecule has 1 fully saturated rings. The number of likely N-dealkylation sites (tertiary alicyclic amines) is 1. The highest BCUT2D eigenvalue weighted by molar-refractivity contribution is 5.15. The third-order valence-electron chi connectivity index (χ3n) is 3.68. The molecule has 1 heterocycles. The summed E-state index contributed by atoms with van der Waals surface area (Å²) >= 11 is 0. The zero-order valence-corrected chi connectivity index (χ0v) is 9.81. The quantitative estimate of drug-likeness (QED) is 0.877. The van der Waals surface area contributed by atoms with Gasteiger partial charge >= 0.3 is 0 Å². The van der Waals surface area contributed by atoms with Gasteiger partial charge in [-0.15, -0.1) is 0 Å². The number of aliphatic hydroxyl groups is 1. The van der Waals surface area contributed by atoms with Crippen molar-refractivity contribution in [2.45, 2.75) is 38.0 Å². The van der Waals surface area contributed by atoms with Crippen LogP contribution in [-0.2, 0) is 6.54 Å². The normalized spacial score (nSPS) is 30.1. The second-order valence-electron chi connectivity index (χ2n) is 4.67. The van der Waals surface area contributed by atoms with E-state index < -0.39 is 18.1 Å².